The maximum absolute atomic E-state index is 12.3. The summed E-state index contributed by atoms with van der Waals surface area (Å²) in [5.74, 6) is -0.360. The normalized spacial score (nSPS) is 13.7. The molecule has 1 amide bonds. The van der Waals surface area contributed by atoms with Crippen LogP contribution in [0.15, 0.2) is 42.1 Å². The van der Waals surface area contributed by atoms with Crippen LogP contribution in [-0.4, -0.2) is 29.6 Å². The number of hydrogen-bond donors (Lipinski definition) is 1. The highest BCUT2D eigenvalue weighted by Gasteiger charge is 2.24. The van der Waals surface area contributed by atoms with Gasteiger partial charge in [-0.2, -0.15) is 0 Å². The van der Waals surface area contributed by atoms with E-state index in [2.05, 4.69) is 10.3 Å². The Kier molecular flexibility index (Phi) is 5.44. The molecule has 0 unspecified atom stereocenters. The first-order chi connectivity index (χ1) is 12.4. The van der Waals surface area contributed by atoms with Gasteiger partial charge in [-0.15, -0.1) is 0 Å². The number of pyridine rings is 1. The van der Waals surface area contributed by atoms with Crippen LogP contribution in [0.5, 0.6) is 5.75 Å². The number of nitrogens with zero attached hydrogens (tertiary/aromatic N) is 1. The maximum Gasteiger partial charge on any atom is 0.338 e. The van der Waals surface area contributed by atoms with Gasteiger partial charge in [-0.3, -0.25) is 4.79 Å². The number of amides is 1. The quantitative estimate of drug-likeness (QED) is 0.801. The van der Waals surface area contributed by atoms with Crippen molar-refractivity contribution in [1.29, 1.82) is 0 Å². The molecule has 3 rings (SSSR count). The molecular formula is C18H14Cl2N2O4. The van der Waals surface area contributed by atoms with Crippen molar-refractivity contribution < 1.29 is 19.1 Å². The van der Waals surface area contributed by atoms with Crippen molar-refractivity contribution in [2.24, 2.45) is 0 Å². The zero-order chi connectivity index (χ0) is 18.7. The van der Waals surface area contributed by atoms with Crippen LogP contribution in [0.2, 0.25) is 10.0 Å². The smallest absolute Gasteiger partial charge is 0.338 e. The van der Waals surface area contributed by atoms with E-state index in [1.807, 2.05) is 24.3 Å². The Morgan fingerprint density at radius 3 is 2.85 bits per heavy atom. The van der Waals surface area contributed by atoms with Gasteiger partial charge in [-0.25, -0.2) is 9.78 Å². The van der Waals surface area contributed by atoms with Gasteiger partial charge in [0.1, 0.15) is 12.4 Å². The van der Waals surface area contributed by atoms with E-state index in [0.717, 1.165) is 5.56 Å². The van der Waals surface area contributed by atoms with Crippen LogP contribution in [0.4, 0.5) is 5.82 Å². The molecule has 1 aliphatic rings. The molecule has 1 aliphatic heterocycles. The molecule has 8 heteroatoms. The van der Waals surface area contributed by atoms with E-state index in [1.54, 1.807) is 6.08 Å². The number of hydrogen-bond acceptors (Lipinski definition) is 5. The molecule has 2 heterocycles. The van der Waals surface area contributed by atoms with Crippen LogP contribution < -0.4 is 10.1 Å². The molecule has 6 nitrogen and oxygen atoms in total. The van der Waals surface area contributed by atoms with Crippen LogP contribution in [0.3, 0.4) is 0 Å². The number of halogens is 2. The molecule has 0 aliphatic carbocycles. The van der Waals surface area contributed by atoms with Crippen LogP contribution in [0.25, 0.3) is 6.08 Å². The number of carbonyl (C=O) groups is 2. The maximum atomic E-state index is 12.3. The Bertz CT molecular complexity index is 899. The molecule has 0 saturated heterocycles. The molecule has 0 radical (unpaired) electrons. The third-order valence-electron chi connectivity index (χ3n) is 3.60. The van der Waals surface area contributed by atoms with Gasteiger partial charge in [-0.05, 0) is 25.1 Å². The summed E-state index contributed by atoms with van der Waals surface area (Å²) in [5, 5.41) is 3.02. The molecule has 0 fully saturated rings. The number of rotatable bonds is 4. The summed E-state index contributed by atoms with van der Waals surface area (Å²) in [6.45, 7) is 1.53. The molecule has 1 aromatic carbocycles. The largest absolute Gasteiger partial charge is 0.488 e. The molecule has 0 saturated carbocycles. The van der Waals surface area contributed by atoms with Crippen molar-refractivity contribution >= 4 is 47.0 Å². The van der Waals surface area contributed by atoms with Crippen molar-refractivity contribution in [3.63, 3.8) is 0 Å². The predicted octanol–water partition coefficient (Wildman–Crippen LogP) is 3.73. The minimum atomic E-state index is -1.05. The fraction of sp³-hybridized carbons (Fsp3) is 0.167. The van der Waals surface area contributed by atoms with Crippen LogP contribution in [0.1, 0.15) is 12.5 Å². The lowest BCUT2D eigenvalue weighted by molar-refractivity contribution is -0.149. The number of esters is 1. The second kappa shape index (κ2) is 7.76. The second-order valence-corrected chi connectivity index (χ2v) is 6.36. The van der Waals surface area contributed by atoms with E-state index < -0.39 is 18.0 Å². The second-order valence-electron chi connectivity index (χ2n) is 5.52. The summed E-state index contributed by atoms with van der Waals surface area (Å²) in [5.41, 5.74) is 1.10. The summed E-state index contributed by atoms with van der Waals surface area (Å²) in [7, 11) is 0. The summed E-state index contributed by atoms with van der Waals surface area (Å²) in [6.07, 6.45) is 1.99. The lowest BCUT2D eigenvalue weighted by Crippen LogP contribution is -2.31. The standard InChI is InChI=1S/C18H14Cl2N2O4/c1-10(17(23)22-16-14(20)7-13(19)8-21-16)26-18(24)12-6-11-4-2-3-5-15(11)25-9-12/h2-8,10H,9H2,1H3,(H,21,22,23)/t10-/m0/s1. The number of anilines is 1. The van der Waals surface area contributed by atoms with E-state index in [0.29, 0.717) is 16.3 Å². The number of para-hydroxylation sites is 1. The van der Waals surface area contributed by atoms with Crippen molar-refractivity contribution in [3.05, 3.63) is 57.7 Å². The van der Waals surface area contributed by atoms with Gasteiger partial charge in [0.15, 0.2) is 11.9 Å². The fourth-order valence-electron chi connectivity index (χ4n) is 2.25. The van der Waals surface area contributed by atoms with E-state index in [4.69, 9.17) is 32.7 Å². The predicted molar refractivity (Wildman–Crippen MR) is 98.4 cm³/mol. The highest BCUT2D eigenvalue weighted by atomic mass is 35.5. The van der Waals surface area contributed by atoms with Gasteiger partial charge in [0, 0.05) is 11.8 Å². The number of carbonyl (C=O) groups excluding carboxylic acids is 2. The summed E-state index contributed by atoms with van der Waals surface area (Å²) in [6, 6.07) is 8.77. The van der Waals surface area contributed by atoms with E-state index in [-0.39, 0.29) is 17.4 Å². The van der Waals surface area contributed by atoms with E-state index in [9.17, 15) is 9.59 Å². The number of benzene rings is 1. The number of aromatic nitrogens is 1. The Labute approximate surface area is 159 Å². The Morgan fingerprint density at radius 2 is 2.08 bits per heavy atom. The van der Waals surface area contributed by atoms with E-state index in [1.165, 1.54) is 19.2 Å². The molecule has 0 bridgehead atoms. The van der Waals surface area contributed by atoms with Crippen molar-refractivity contribution in [1.82, 2.24) is 4.98 Å². The summed E-state index contributed by atoms with van der Waals surface area (Å²) >= 11 is 11.7. The van der Waals surface area contributed by atoms with E-state index >= 15 is 0 Å². The molecule has 26 heavy (non-hydrogen) atoms. The van der Waals surface area contributed by atoms with Crippen LogP contribution in [0, 0.1) is 0 Å². The van der Waals surface area contributed by atoms with Gasteiger partial charge in [0.25, 0.3) is 5.91 Å². The summed E-state index contributed by atoms with van der Waals surface area (Å²) < 4.78 is 10.7. The van der Waals surface area contributed by atoms with Crippen molar-refractivity contribution in [2.45, 2.75) is 13.0 Å². The molecule has 0 spiro atoms. The average Bonchev–Trinajstić information content (AvgIpc) is 2.63. The van der Waals surface area contributed by atoms with Crippen LogP contribution in [-0.2, 0) is 14.3 Å². The highest BCUT2D eigenvalue weighted by Crippen LogP contribution is 2.26. The molecule has 134 valence electrons. The van der Waals surface area contributed by atoms with Gasteiger partial charge in [0.05, 0.1) is 15.6 Å². The molecule has 1 aromatic heterocycles. The third-order valence-corrected chi connectivity index (χ3v) is 4.09. The van der Waals surface area contributed by atoms with Gasteiger partial charge in [-0.1, -0.05) is 41.4 Å². The lowest BCUT2D eigenvalue weighted by Gasteiger charge is -2.19. The molecule has 1 N–H and O–H groups in total. The van der Waals surface area contributed by atoms with Crippen molar-refractivity contribution in [3.8, 4) is 5.75 Å². The minimum absolute atomic E-state index is 0.0781. The van der Waals surface area contributed by atoms with Gasteiger partial charge >= 0.3 is 5.97 Å². The van der Waals surface area contributed by atoms with Gasteiger partial charge in [0.2, 0.25) is 0 Å². The first-order valence-corrected chi connectivity index (χ1v) is 8.45. The van der Waals surface area contributed by atoms with Crippen molar-refractivity contribution in [2.75, 3.05) is 11.9 Å². The SMILES string of the molecule is C[C@H](OC(=O)C1=Cc2ccccc2OC1)C(=O)Nc1ncc(Cl)cc1Cl. The number of fused-ring (bicyclic) bond motifs is 1. The average molecular weight is 393 g/mol. The number of ether oxygens (including phenoxy) is 2. The van der Waals surface area contributed by atoms with Crippen LogP contribution >= 0.6 is 23.2 Å². The first kappa shape index (κ1) is 18.2. The topological polar surface area (TPSA) is 77.5 Å². The lowest BCUT2D eigenvalue weighted by atomic mass is 10.1. The molecular weight excluding hydrogens is 379 g/mol. The monoisotopic (exact) mass is 392 g/mol. The molecule has 1 atom stereocenters. The highest BCUT2D eigenvalue weighted by molar-refractivity contribution is 6.36. The number of nitrogens with one attached hydrogen (secondary N) is 1. The Hall–Kier alpha value is -2.57. The molecule has 2 aromatic rings. The first-order valence-electron chi connectivity index (χ1n) is 7.69. The minimum Gasteiger partial charge on any atom is -0.488 e. The Morgan fingerprint density at radius 1 is 1.31 bits per heavy atom. The zero-order valence-electron chi connectivity index (χ0n) is 13.7. The van der Waals surface area contributed by atoms with Gasteiger partial charge < -0.3 is 14.8 Å². The third kappa shape index (κ3) is 4.15. The summed E-state index contributed by atoms with van der Waals surface area (Å²) in [4.78, 5) is 28.4. The zero-order valence-corrected chi connectivity index (χ0v) is 15.2. The Balaban J connectivity index is 1.64. The fourth-order valence-corrected chi connectivity index (χ4v) is 2.68.